The van der Waals surface area contributed by atoms with Gasteiger partial charge in [-0.2, -0.15) is 0 Å². The van der Waals surface area contributed by atoms with E-state index in [1.165, 1.54) is 19.3 Å². The van der Waals surface area contributed by atoms with E-state index in [1.54, 1.807) is 0 Å². The Hall–Kier alpha value is -1.44. The summed E-state index contributed by atoms with van der Waals surface area (Å²) < 4.78 is 0. The van der Waals surface area contributed by atoms with Crippen molar-refractivity contribution in [2.45, 2.75) is 44.2 Å². The van der Waals surface area contributed by atoms with Gasteiger partial charge >= 0.3 is 11.9 Å². The van der Waals surface area contributed by atoms with Gasteiger partial charge in [-0.25, -0.2) is 9.59 Å². The van der Waals surface area contributed by atoms with Gasteiger partial charge in [-0.15, -0.1) is 0 Å². The third-order valence-corrected chi connectivity index (χ3v) is 2.98. The lowest BCUT2D eigenvalue weighted by Crippen LogP contribution is -2.37. The minimum atomic E-state index is -1.26. The number of hydrogen-bond donors (Lipinski definition) is 3. The van der Waals surface area contributed by atoms with Crippen molar-refractivity contribution in [3.63, 3.8) is 0 Å². The van der Waals surface area contributed by atoms with Crippen LogP contribution < -0.4 is 0 Å². The molecule has 0 aromatic rings. The van der Waals surface area contributed by atoms with Crippen LogP contribution in [0, 0.1) is 0 Å². The highest BCUT2D eigenvalue weighted by Gasteiger charge is 2.22. The van der Waals surface area contributed by atoms with Gasteiger partial charge in [0.25, 0.3) is 0 Å². The number of aliphatic hydroxyl groups is 1. The molecule has 118 valence electrons. The molecule has 1 aliphatic carbocycles. The van der Waals surface area contributed by atoms with Crippen LogP contribution in [0.3, 0.4) is 0 Å². The van der Waals surface area contributed by atoms with E-state index < -0.39 is 11.9 Å². The number of aliphatic hydroxyl groups excluding tert-OH is 1. The molecule has 2 atom stereocenters. The molecule has 1 rings (SSSR count). The van der Waals surface area contributed by atoms with Gasteiger partial charge in [-0.05, 0) is 26.9 Å². The summed E-state index contributed by atoms with van der Waals surface area (Å²) >= 11 is 0. The van der Waals surface area contributed by atoms with Crippen molar-refractivity contribution >= 4 is 11.9 Å². The Balaban J connectivity index is 0. The highest BCUT2D eigenvalue weighted by atomic mass is 16.4. The molecule has 5 N–H and O–H groups in total. The Labute approximate surface area is 118 Å². The summed E-state index contributed by atoms with van der Waals surface area (Å²) in [6.07, 6.45) is 6.95. The van der Waals surface area contributed by atoms with Crippen LogP contribution >= 0.6 is 0 Å². The van der Waals surface area contributed by atoms with Crippen molar-refractivity contribution in [1.29, 1.82) is 0 Å². The van der Waals surface area contributed by atoms with Crippen molar-refractivity contribution in [2.24, 2.45) is 0 Å². The second kappa shape index (κ2) is 11.4. The molecule has 0 amide bonds. The van der Waals surface area contributed by atoms with Gasteiger partial charge in [-0.1, -0.05) is 19.3 Å². The summed E-state index contributed by atoms with van der Waals surface area (Å²) in [5.74, 6) is -2.51. The monoisotopic (exact) mass is 291 g/mol. The lowest BCUT2D eigenvalue weighted by atomic mass is 10.1. The van der Waals surface area contributed by atoms with Crippen molar-refractivity contribution in [1.82, 2.24) is 4.90 Å². The van der Waals surface area contributed by atoms with Crippen LogP contribution in [-0.4, -0.2) is 63.9 Å². The number of aliphatic carboxylic acids is 2. The lowest BCUT2D eigenvalue weighted by molar-refractivity contribution is -0.134. The average Bonchev–Trinajstić information content (AvgIpc) is 2.52. The van der Waals surface area contributed by atoms with E-state index in [0.717, 1.165) is 12.8 Å². The molecule has 0 aromatic carbocycles. The first-order chi connectivity index (χ1) is 8.84. The molecule has 0 spiro atoms. The molecule has 0 aromatic heterocycles. The Kier molecular flexibility index (Phi) is 11.9. The van der Waals surface area contributed by atoms with Gasteiger partial charge in [0, 0.05) is 18.2 Å². The second-order valence-electron chi connectivity index (χ2n) is 4.75. The van der Waals surface area contributed by atoms with Gasteiger partial charge in [0.1, 0.15) is 0 Å². The molecule has 1 fully saturated rings. The van der Waals surface area contributed by atoms with Crippen molar-refractivity contribution < 1.29 is 30.4 Å². The van der Waals surface area contributed by atoms with E-state index in [2.05, 4.69) is 19.0 Å². The van der Waals surface area contributed by atoms with E-state index in [1.807, 2.05) is 0 Å². The Bertz CT molecular complexity index is 300. The van der Waals surface area contributed by atoms with Crippen LogP contribution in [0.25, 0.3) is 0 Å². The average molecular weight is 291 g/mol. The number of carboxylic acid groups (broad SMARTS) is 2. The predicted molar refractivity (Wildman–Crippen MR) is 74.6 cm³/mol. The van der Waals surface area contributed by atoms with E-state index in [4.69, 9.17) is 10.2 Å². The topological polar surface area (TPSA) is 130 Å². The van der Waals surface area contributed by atoms with Gasteiger partial charge < -0.3 is 25.7 Å². The Morgan fingerprint density at radius 2 is 1.45 bits per heavy atom. The summed E-state index contributed by atoms with van der Waals surface area (Å²) in [6, 6.07) is 0.400. The highest BCUT2D eigenvalue weighted by molar-refractivity contribution is 5.89. The largest absolute Gasteiger partial charge is 0.478 e. The predicted octanol–water partition coefficient (Wildman–Crippen LogP) is 0.129. The van der Waals surface area contributed by atoms with Gasteiger partial charge in [0.15, 0.2) is 0 Å². The number of hydrogen-bond acceptors (Lipinski definition) is 4. The molecule has 20 heavy (non-hydrogen) atoms. The normalized spacial score (nSPS) is 22.4. The van der Waals surface area contributed by atoms with Crippen LogP contribution in [0.1, 0.15) is 32.1 Å². The maximum atomic E-state index is 9.68. The fourth-order valence-electron chi connectivity index (χ4n) is 2.01. The quantitative estimate of drug-likeness (QED) is 0.500. The standard InChI is InChI=1S/C9H19NO.C4H4O4.H2O/c1-10(2)8-6-4-3-5-7-9(8)11;5-3(6)1-2-4(7)8;/h8-9,11H,3-7H2,1-2H3;1-2H,(H,5,6)(H,7,8);1H2. The van der Waals surface area contributed by atoms with Crippen LogP contribution in [0.15, 0.2) is 12.2 Å². The van der Waals surface area contributed by atoms with Crippen molar-refractivity contribution in [2.75, 3.05) is 14.1 Å². The number of carbonyl (C=O) groups is 2. The number of likely N-dealkylation sites (N-methyl/N-ethyl adjacent to an activating group) is 1. The fraction of sp³-hybridized carbons (Fsp3) is 0.692. The van der Waals surface area contributed by atoms with Crippen LogP contribution in [0.5, 0.6) is 0 Å². The number of carboxylic acids is 2. The van der Waals surface area contributed by atoms with E-state index in [9.17, 15) is 14.7 Å². The van der Waals surface area contributed by atoms with Crippen molar-refractivity contribution in [3.05, 3.63) is 12.2 Å². The molecule has 0 radical (unpaired) electrons. The smallest absolute Gasteiger partial charge is 0.328 e. The maximum absolute atomic E-state index is 9.68. The first-order valence-electron chi connectivity index (χ1n) is 6.33. The summed E-state index contributed by atoms with van der Waals surface area (Å²) in [5, 5.41) is 25.3. The third-order valence-electron chi connectivity index (χ3n) is 2.98. The molecule has 0 bridgehead atoms. The molecule has 0 heterocycles. The molecule has 0 saturated heterocycles. The van der Waals surface area contributed by atoms with Crippen molar-refractivity contribution in [3.8, 4) is 0 Å². The first-order valence-corrected chi connectivity index (χ1v) is 6.33. The lowest BCUT2D eigenvalue weighted by Gasteiger charge is -2.26. The fourth-order valence-corrected chi connectivity index (χ4v) is 2.01. The SMILES string of the molecule is CN(C)C1CCCCCC1O.O.O=C(O)C=CC(=O)O. The molecule has 7 nitrogen and oxygen atoms in total. The molecule has 1 aliphatic rings. The minimum absolute atomic E-state index is 0. The van der Waals surface area contributed by atoms with Crippen LogP contribution in [-0.2, 0) is 9.59 Å². The summed E-state index contributed by atoms with van der Waals surface area (Å²) in [6.45, 7) is 0. The number of nitrogens with zero attached hydrogens (tertiary/aromatic N) is 1. The minimum Gasteiger partial charge on any atom is -0.478 e. The zero-order chi connectivity index (χ0) is 14.8. The van der Waals surface area contributed by atoms with E-state index in [0.29, 0.717) is 18.2 Å². The van der Waals surface area contributed by atoms with Gasteiger partial charge in [0.05, 0.1) is 6.10 Å². The molecular weight excluding hydrogens is 266 g/mol. The maximum Gasteiger partial charge on any atom is 0.328 e. The summed E-state index contributed by atoms with van der Waals surface area (Å²) in [7, 11) is 4.11. The molecular formula is C13H25NO6. The Morgan fingerprint density at radius 1 is 1.00 bits per heavy atom. The van der Waals surface area contributed by atoms with E-state index >= 15 is 0 Å². The first kappa shape index (κ1) is 20.9. The third kappa shape index (κ3) is 10.5. The molecule has 0 aliphatic heterocycles. The number of rotatable bonds is 3. The zero-order valence-corrected chi connectivity index (χ0v) is 12.0. The molecule has 1 saturated carbocycles. The highest BCUT2D eigenvalue weighted by Crippen LogP contribution is 2.20. The van der Waals surface area contributed by atoms with Gasteiger partial charge in [0.2, 0.25) is 0 Å². The summed E-state index contributed by atoms with van der Waals surface area (Å²) in [5.41, 5.74) is 0. The molecule has 2 unspecified atom stereocenters. The second-order valence-corrected chi connectivity index (χ2v) is 4.75. The van der Waals surface area contributed by atoms with E-state index in [-0.39, 0.29) is 11.6 Å². The van der Waals surface area contributed by atoms with Crippen LogP contribution in [0.2, 0.25) is 0 Å². The Morgan fingerprint density at radius 3 is 1.85 bits per heavy atom. The zero-order valence-electron chi connectivity index (χ0n) is 12.0. The van der Waals surface area contributed by atoms with Crippen LogP contribution in [0.4, 0.5) is 0 Å². The van der Waals surface area contributed by atoms with Gasteiger partial charge in [-0.3, -0.25) is 0 Å². The summed E-state index contributed by atoms with van der Waals surface area (Å²) in [4.78, 5) is 21.3. The molecule has 7 heteroatoms.